The normalized spacial score (nSPS) is 17.1. The van der Waals surface area contributed by atoms with Gasteiger partial charge >= 0.3 is 5.69 Å². The SMILES string of the molecule is COc1nc(-c2cccc(-c3cccc(NC(=O)c4cn(C)c(=O)n(C)c4=O)c3F)c2F)cc2c1[C@H](NC[C@@H]1CCC(=O)N1)CC2. The number of rotatable bonds is 8. The van der Waals surface area contributed by atoms with Gasteiger partial charge in [-0.1, -0.05) is 24.3 Å². The zero-order valence-electron chi connectivity index (χ0n) is 25.4. The number of methoxy groups -OCH3 is 1. The van der Waals surface area contributed by atoms with Crippen LogP contribution in [0.2, 0.25) is 0 Å². The number of carbonyl (C=O) groups excluding carboxylic acids is 2. The summed E-state index contributed by atoms with van der Waals surface area (Å²) in [6, 6.07) is 10.6. The number of carbonyl (C=O) groups is 2. The Morgan fingerprint density at radius 2 is 1.74 bits per heavy atom. The van der Waals surface area contributed by atoms with Crippen LogP contribution in [-0.2, 0) is 25.3 Å². The molecule has 13 heteroatoms. The molecule has 3 N–H and O–H groups in total. The molecule has 3 heterocycles. The molecular weight excluding hydrogens is 598 g/mol. The van der Waals surface area contributed by atoms with E-state index in [-0.39, 0.29) is 45.9 Å². The number of hydrogen-bond acceptors (Lipinski definition) is 7. The second-order valence-electron chi connectivity index (χ2n) is 11.5. The van der Waals surface area contributed by atoms with Gasteiger partial charge in [0.05, 0.1) is 18.5 Å². The molecule has 4 aromatic rings. The molecule has 2 aromatic heterocycles. The highest BCUT2D eigenvalue weighted by atomic mass is 19.1. The largest absolute Gasteiger partial charge is 0.481 e. The van der Waals surface area contributed by atoms with Crippen molar-refractivity contribution >= 4 is 17.5 Å². The summed E-state index contributed by atoms with van der Waals surface area (Å²) in [4.78, 5) is 53.7. The van der Waals surface area contributed by atoms with E-state index in [0.29, 0.717) is 31.0 Å². The molecule has 0 saturated carbocycles. The number of benzene rings is 2. The first-order chi connectivity index (χ1) is 22.1. The minimum Gasteiger partial charge on any atom is -0.481 e. The van der Waals surface area contributed by atoms with Crippen LogP contribution < -0.4 is 31.9 Å². The highest BCUT2D eigenvalue weighted by Crippen LogP contribution is 2.41. The van der Waals surface area contributed by atoms with Crippen LogP contribution in [0.1, 0.15) is 46.8 Å². The van der Waals surface area contributed by atoms with Crippen molar-refractivity contribution in [2.24, 2.45) is 14.1 Å². The fourth-order valence-electron chi connectivity index (χ4n) is 6.15. The van der Waals surface area contributed by atoms with E-state index in [1.54, 1.807) is 12.1 Å². The number of anilines is 1. The van der Waals surface area contributed by atoms with Crippen LogP contribution >= 0.6 is 0 Å². The average Bonchev–Trinajstić information content (AvgIpc) is 3.66. The molecule has 6 rings (SSSR count). The van der Waals surface area contributed by atoms with E-state index in [9.17, 15) is 19.2 Å². The number of aromatic nitrogens is 3. The molecule has 0 spiro atoms. The lowest BCUT2D eigenvalue weighted by molar-refractivity contribution is -0.119. The van der Waals surface area contributed by atoms with Crippen molar-refractivity contribution in [2.75, 3.05) is 19.0 Å². The monoisotopic (exact) mass is 630 g/mol. The van der Waals surface area contributed by atoms with Crippen LogP contribution in [0.5, 0.6) is 5.88 Å². The zero-order valence-corrected chi connectivity index (χ0v) is 25.4. The van der Waals surface area contributed by atoms with Gasteiger partial charge in [-0.05, 0) is 43.0 Å². The van der Waals surface area contributed by atoms with Gasteiger partial charge in [-0.25, -0.2) is 18.6 Å². The maximum absolute atomic E-state index is 16.2. The summed E-state index contributed by atoms with van der Waals surface area (Å²) in [6.07, 6.45) is 3.88. The maximum atomic E-state index is 16.2. The fourth-order valence-corrected chi connectivity index (χ4v) is 6.15. The minimum atomic E-state index is -0.920. The topological polar surface area (TPSA) is 136 Å². The van der Waals surface area contributed by atoms with Crippen LogP contribution in [-0.4, -0.2) is 45.6 Å². The van der Waals surface area contributed by atoms with Crippen molar-refractivity contribution in [1.29, 1.82) is 0 Å². The number of hydrogen-bond donors (Lipinski definition) is 3. The molecule has 2 atom stereocenters. The lowest BCUT2D eigenvalue weighted by Crippen LogP contribution is -2.40. The average molecular weight is 631 g/mol. The summed E-state index contributed by atoms with van der Waals surface area (Å²) in [7, 11) is 4.12. The Labute approximate surface area is 262 Å². The van der Waals surface area contributed by atoms with E-state index in [1.165, 1.54) is 45.5 Å². The standard InChI is InChI=1S/C33H32F2N6O5/c1-40-16-22(32(44)41(2)33(40)45)30(43)38-24-9-5-7-20(29(24)35)19-6-4-8-21(28(19)34)25-14-17-10-12-23(27(17)31(39-25)46-3)36-15-18-11-13-26(42)37-18/h4-9,14,16,18,23,36H,10-13,15H2,1-3H3,(H,37,42)(H,38,43)/t18-,23+/m0/s1. The van der Waals surface area contributed by atoms with Crippen LogP contribution in [0, 0.1) is 11.6 Å². The van der Waals surface area contributed by atoms with Gasteiger partial charge in [0.25, 0.3) is 11.5 Å². The summed E-state index contributed by atoms with van der Waals surface area (Å²) < 4.78 is 39.5. The Morgan fingerprint density at radius 3 is 2.46 bits per heavy atom. The maximum Gasteiger partial charge on any atom is 0.330 e. The molecule has 1 fully saturated rings. The first kappa shape index (κ1) is 30.8. The number of halogens is 2. The highest BCUT2D eigenvalue weighted by molar-refractivity contribution is 6.04. The number of pyridine rings is 1. The first-order valence-electron chi connectivity index (χ1n) is 14.8. The van der Waals surface area contributed by atoms with Crippen LogP contribution in [0.4, 0.5) is 14.5 Å². The molecule has 1 aliphatic heterocycles. The third-order valence-corrected chi connectivity index (χ3v) is 8.55. The molecule has 46 heavy (non-hydrogen) atoms. The first-order valence-corrected chi connectivity index (χ1v) is 14.8. The van der Waals surface area contributed by atoms with E-state index in [0.717, 1.165) is 39.3 Å². The van der Waals surface area contributed by atoms with Gasteiger partial charge in [0, 0.05) is 67.6 Å². The summed E-state index contributed by atoms with van der Waals surface area (Å²) in [5.74, 6) is -2.12. The molecule has 0 bridgehead atoms. The van der Waals surface area contributed by atoms with Crippen molar-refractivity contribution in [3.05, 3.63) is 97.8 Å². The molecule has 2 aliphatic rings. The highest BCUT2D eigenvalue weighted by Gasteiger charge is 2.30. The van der Waals surface area contributed by atoms with Gasteiger partial charge in [-0.15, -0.1) is 0 Å². The van der Waals surface area contributed by atoms with Gasteiger partial charge in [0.2, 0.25) is 11.8 Å². The molecule has 1 saturated heterocycles. The molecule has 238 valence electrons. The lowest BCUT2D eigenvalue weighted by Gasteiger charge is -2.19. The number of fused-ring (bicyclic) bond motifs is 1. The molecular formula is C33H32F2N6O5. The number of amides is 2. The lowest BCUT2D eigenvalue weighted by atomic mass is 9.98. The molecule has 1 aliphatic carbocycles. The fraction of sp³-hybridized carbons (Fsp3) is 0.303. The number of aryl methyl sites for hydroxylation is 2. The third-order valence-electron chi connectivity index (χ3n) is 8.55. The number of ether oxygens (including phenoxy) is 1. The van der Waals surface area contributed by atoms with Crippen molar-refractivity contribution in [3.8, 4) is 28.3 Å². The second-order valence-corrected chi connectivity index (χ2v) is 11.5. The third kappa shape index (κ3) is 5.58. The van der Waals surface area contributed by atoms with Crippen molar-refractivity contribution < 1.29 is 23.1 Å². The minimum absolute atomic E-state index is 0.0341. The molecule has 11 nitrogen and oxygen atoms in total. The van der Waals surface area contributed by atoms with Crippen LogP contribution in [0.3, 0.4) is 0 Å². The predicted molar refractivity (Wildman–Crippen MR) is 167 cm³/mol. The van der Waals surface area contributed by atoms with E-state index in [1.807, 2.05) is 6.07 Å². The van der Waals surface area contributed by atoms with Gasteiger partial charge < -0.3 is 25.3 Å². The predicted octanol–water partition coefficient (Wildman–Crippen LogP) is 3.21. The quantitative estimate of drug-likeness (QED) is 0.272. The molecule has 0 radical (unpaired) electrons. The Morgan fingerprint density at radius 1 is 1.02 bits per heavy atom. The Kier molecular flexibility index (Phi) is 8.26. The summed E-state index contributed by atoms with van der Waals surface area (Å²) in [5.41, 5.74) is 0.0872. The Hall–Kier alpha value is -5.17. The smallest absolute Gasteiger partial charge is 0.330 e. The number of nitrogens with one attached hydrogen (secondary N) is 3. The zero-order chi connectivity index (χ0) is 32.7. The van der Waals surface area contributed by atoms with E-state index in [4.69, 9.17) is 4.74 Å². The number of nitrogens with zero attached hydrogens (tertiary/aromatic N) is 3. The van der Waals surface area contributed by atoms with Gasteiger partial charge in [0.15, 0.2) is 5.82 Å². The second kappa shape index (κ2) is 12.3. The van der Waals surface area contributed by atoms with E-state index in [2.05, 4.69) is 20.9 Å². The van der Waals surface area contributed by atoms with E-state index < -0.39 is 28.8 Å². The summed E-state index contributed by atoms with van der Waals surface area (Å²) >= 11 is 0. The summed E-state index contributed by atoms with van der Waals surface area (Å²) in [5, 5.41) is 8.84. The summed E-state index contributed by atoms with van der Waals surface area (Å²) in [6.45, 7) is 0.615. The van der Waals surface area contributed by atoms with Crippen molar-refractivity contribution in [1.82, 2.24) is 24.8 Å². The van der Waals surface area contributed by atoms with Crippen LogP contribution in [0.15, 0.2) is 58.3 Å². The van der Waals surface area contributed by atoms with E-state index >= 15 is 8.78 Å². The van der Waals surface area contributed by atoms with Gasteiger partial charge in [-0.3, -0.25) is 19.0 Å². The molecule has 0 unspecified atom stereocenters. The Balaban J connectivity index is 1.29. The molecule has 2 amide bonds. The molecule has 2 aromatic carbocycles. The van der Waals surface area contributed by atoms with Gasteiger partial charge in [-0.2, -0.15) is 0 Å². The van der Waals surface area contributed by atoms with Crippen LogP contribution in [0.25, 0.3) is 22.4 Å². The van der Waals surface area contributed by atoms with Gasteiger partial charge in [0.1, 0.15) is 11.4 Å². The van der Waals surface area contributed by atoms with Crippen molar-refractivity contribution in [3.63, 3.8) is 0 Å². The van der Waals surface area contributed by atoms with Crippen molar-refractivity contribution in [2.45, 2.75) is 37.8 Å². The Bertz CT molecular complexity index is 2010.